The van der Waals surface area contributed by atoms with Crippen LogP contribution >= 0.6 is 11.6 Å². The van der Waals surface area contributed by atoms with Crippen LogP contribution in [0.15, 0.2) is 72.8 Å². The van der Waals surface area contributed by atoms with Gasteiger partial charge in [-0.15, -0.1) is 0 Å². The van der Waals surface area contributed by atoms with Gasteiger partial charge < -0.3 is 10.1 Å². The molecule has 132 valence electrons. The third kappa shape index (κ3) is 4.87. The maximum Gasteiger partial charge on any atom is 0.262 e. The molecule has 3 nitrogen and oxygen atoms in total. The molecule has 3 aromatic rings. The monoisotopic (exact) mass is 365 g/mol. The van der Waals surface area contributed by atoms with Crippen molar-refractivity contribution >= 4 is 23.2 Å². The lowest BCUT2D eigenvalue weighted by Gasteiger charge is -2.13. The Balaban J connectivity index is 1.64. The van der Waals surface area contributed by atoms with E-state index in [-0.39, 0.29) is 12.5 Å². The number of carbonyl (C=O) groups excluding carboxylic acids is 1. The molecule has 0 aliphatic rings. The number of para-hydroxylation sites is 1. The zero-order chi connectivity index (χ0) is 18.4. The average Bonchev–Trinajstić information content (AvgIpc) is 2.65. The van der Waals surface area contributed by atoms with Crippen molar-refractivity contribution in [3.05, 3.63) is 94.5 Å². The lowest BCUT2D eigenvalue weighted by Crippen LogP contribution is -2.21. The highest BCUT2D eigenvalue weighted by atomic mass is 35.5. The van der Waals surface area contributed by atoms with Crippen molar-refractivity contribution < 1.29 is 9.53 Å². The molecule has 26 heavy (non-hydrogen) atoms. The largest absolute Gasteiger partial charge is 0.483 e. The Labute approximate surface area is 158 Å². The lowest BCUT2D eigenvalue weighted by molar-refractivity contribution is -0.118. The molecule has 4 heteroatoms. The number of rotatable bonds is 6. The van der Waals surface area contributed by atoms with Gasteiger partial charge in [0.15, 0.2) is 6.61 Å². The average molecular weight is 366 g/mol. The van der Waals surface area contributed by atoms with Crippen molar-refractivity contribution in [1.82, 2.24) is 0 Å². The van der Waals surface area contributed by atoms with E-state index in [9.17, 15) is 4.79 Å². The number of carbonyl (C=O) groups is 1. The number of hydrogen-bond acceptors (Lipinski definition) is 2. The van der Waals surface area contributed by atoms with E-state index in [1.165, 1.54) is 5.56 Å². The summed E-state index contributed by atoms with van der Waals surface area (Å²) in [5.74, 6) is 0.499. The van der Waals surface area contributed by atoms with Gasteiger partial charge in [-0.2, -0.15) is 0 Å². The summed E-state index contributed by atoms with van der Waals surface area (Å²) >= 11 is 5.99. The maximum absolute atomic E-state index is 12.2. The summed E-state index contributed by atoms with van der Waals surface area (Å²) in [4.78, 5) is 12.2. The van der Waals surface area contributed by atoms with Crippen molar-refractivity contribution in [2.45, 2.75) is 13.3 Å². The highest BCUT2D eigenvalue weighted by Crippen LogP contribution is 2.22. The molecule has 0 atom stereocenters. The molecule has 0 aliphatic carbocycles. The molecule has 0 radical (unpaired) electrons. The van der Waals surface area contributed by atoms with Gasteiger partial charge in [0.1, 0.15) is 5.75 Å². The molecule has 3 rings (SSSR count). The second-order valence-electron chi connectivity index (χ2n) is 6.07. The molecule has 0 aromatic heterocycles. The van der Waals surface area contributed by atoms with Gasteiger partial charge in [-0.1, -0.05) is 66.2 Å². The van der Waals surface area contributed by atoms with E-state index in [2.05, 4.69) is 17.4 Å². The summed E-state index contributed by atoms with van der Waals surface area (Å²) in [6.45, 7) is 1.86. The Morgan fingerprint density at radius 1 is 1.00 bits per heavy atom. The predicted octanol–water partition coefficient (Wildman–Crippen LogP) is 5.26. The molecule has 0 saturated carbocycles. The van der Waals surface area contributed by atoms with Gasteiger partial charge in [0, 0.05) is 17.1 Å². The van der Waals surface area contributed by atoms with Crippen LogP contribution in [0.1, 0.15) is 16.7 Å². The highest BCUT2D eigenvalue weighted by Gasteiger charge is 2.09. The fourth-order valence-corrected chi connectivity index (χ4v) is 2.84. The molecular formula is C22H20ClNO2. The summed E-state index contributed by atoms with van der Waals surface area (Å²) in [5.41, 5.74) is 3.89. The number of benzene rings is 3. The Kier molecular flexibility index (Phi) is 5.92. The van der Waals surface area contributed by atoms with Gasteiger partial charge in [0.05, 0.1) is 0 Å². The molecule has 0 heterocycles. The molecule has 0 bridgehead atoms. The zero-order valence-corrected chi connectivity index (χ0v) is 15.3. The fourth-order valence-electron chi connectivity index (χ4n) is 2.66. The van der Waals surface area contributed by atoms with Crippen molar-refractivity contribution in [2.75, 3.05) is 11.9 Å². The molecule has 0 fully saturated rings. The van der Waals surface area contributed by atoms with Crippen molar-refractivity contribution in [1.29, 1.82) is 0 Å². The highest BCUT2D eigenvalue weighted by molar-refractivity contribution is 6.31. The van der Waals surface area contributed by atoms with Crippen molar-refractivity contribution in [3.63, 3.8) is 0 Å². The Morgan fingerprint density at radius 3 is 2.54 bits per heavy atom. The van der Waals surface area contributed by atoms with Crippen molar-refractivity contribution in [2.24, 2.45) is 0 Å². The first kappa shape index (κ1) is 18.0. The predicted molar refractivity (Wildman–Crippen MR) is 106 cm³/mol. The first-order chi connectivity index (χ1) is 12.6. The maximum atomic E-state index is 12.2. The van der Waals surface area contributed by atoms with Crippen LogP contribution in [0.5, 0.6) is 5.75 Å². The summed E-state index contributed by atoms with van der Waals surface area (Å²) in [7, 11) is 0. The lowest BCUT2D eigenvalue weighted by atomic mass is 10.0. The van der Waals surface area contributed by atoms with E-state index in [4.69, 9.17) is 16.3 Å². The second-order valence-corrected chi connectivity index (χ2v) is 6.50. The third-order valence-electron chi connectivity index (χ3n) is 4.04. The van der Waals surface area contributed by atoms with E-state index in [0.29, 0.717) is 16.5 Å². The fraction of sp³-hybridized carbons (Fsp3) is 0.136. The number of aryl methyl sites for hydroxylation is 1. The Bertz CT molecular complexity index is 894. The van der Waals surface area contributed by atoms with Gasteiger partial charge in [0.25, 0.3) is 5.91 Å². The van der Waals surface area contributed by atoms with Gasteiger partial charge in [-0.3, -0.25) is 4.79 Å². The quantitative estimate of drug-likeness (QED) is 0.647. The van der Waals surface area contributed by atoms with Gasteiger partial charge >= 0.3 is 0 Å². The minimum Gasteiger partial charge on any atom is -0.483 e. The van der Waals surface area contributed by atoms with Crippen LogP contribution in [0, 0.1) is 6.92 Å². The van der Waals surface area contributed by atoms with Crippen LogP contribution in [-0.2, 0) is 11.2 Å². The first-order valence-corrected chi connectivity index (χ1v) is 8.80. The Morgan fingerprint density at radius 2 is 1.73 bits per heavy atom. The number of hydrogen-bond donors (Lipinski definition) is 1. The minimum atomic E-state index is -0.218. The molecule has 0 saturated heterocycles. The second kappa shape index (κ2) is 8.54. The summed E-state index contributed by atoms with van der Waals surface area (Å²) < 4.78 is 5.77. The SMILES string of the molecule is Cc1ccc(Cl)cc1NC(=O)COc1ccccc1Cc1ccccc1. The summed E-state index contributed by atoms with van der Waals surface area (Å²) in [5, 5.41) is 3.43. The molecule has 0 spiro atoms. The van der Waals surface area contributed by atoms with Crippen LogP contribution in [0.2, 0.25) is 5.02 Å². The van der Waals surface area contributed by atoms with E-state index < -0.39 is 0 Å². The number of ether oxygens (including phenoxy) is 1. The Hall–Kier alpha value is -2.78. The molecule has 0 aliphatic heterocycles. The number of nitrogens with one attached hydrogen (secondary N) is 1. The van der Waals surface area contributed by atoms with Crippen LogP contribution in [0.4, 0.5) is 5.69 Å². The molecular weight excluding hydrogens is 346 g/mol. The van der Waals surface area contributed by atoms with Crippen LogP contribution < -0.4 is 10.1 Å². The number of halogens is 1. The smallest absolute Gasteiger partial charge is 0.262 e. The van der Waals surface area contributed by atoms with Crippen molar-refractivity contribution in [3.8, 4) is 5.75 Å². The van der Waals surface area contributed by atoms with E-state index in [1.54, 1.807) is 12.1 Å². The molecule has 1 N–H and O–H groups in total. The summed E-state index contributed by atoms with van der Waals surface area (Å²) in [6.07, 6.45) is 0.756. The molecule has 0 unspecified atom stereocenters. The summed E-state index contributed by atoms with van der Waals surface area (Å²) in [6, 6.07) is 23.3. The van der Waals surface area contributed by atoms with E-state index in [1.807, 2.05) is 55.5 Å². The molecule has 1 amide bonds. The van der Waals surface area contributed by atoms with E-state index >= 15 is 0 Å². The van der Waals surface area contributed by atoms with E-state index in [0.717, 1.165) is 17.5 Å². The number of anilines is 1. The van der Waals surface area contributed by atoms with Gasteiger partial charge in [0.2, 0.25) is 0 Å². The van der Waals surface area contributed by atoms with Crippen LogP contribution in [0.3, 0.4) is 0 Å². The number of amides is 1. The zero-order valence-electron chi connectivity index (χ0n) is 14.5. The van der Waals surface area contributed by atoms with Gasteiger partial charge in [-0.05, 0) is 41.8 Å². The molecule has 3 aromatic carbocycles. The third-order valence-corrected chi connectivity index (χ3v) is 4.28. The topological polar surface area (TPSA) is 38.3 Å². The standard InChI is InChI=1S/C22H20ClNO2/c1-16-11-12-19(23)14-20(16)24-22(25)15-26-21-10-6-5-9-18(21)13-17-7-3-2-4-8-17/h2-12,14H,13,15H2,1H3,(H,24,25). The first-order valence-electron chi connectivity index (χ1n) is 8.42. The minimum absolute atomic E-state index is 0.0578. The van der Waals surface area contributed by atoms with Gasteiger partial charge in [-0.25, -0.2) is 0 Å². The normalized spacial score (nSPS) is 10.4. The van der Waals surface area contributed by atoms with Crippen LogP contribution in [-0.4, -0.2) is 12.5 Å². The van der Waals surface area contributed by atoms with Crippen LogP contribution in [0.25, 0.3) is 0 Å².